The highest BCUT2D eigenvalue weighted by atomic mass is 15.3. The van der Waals surface area contributed by atoms with Gasteiger partial charge in [-0.15, -0.1) is 0 Å². The molecule has 0 aliphatic heterocycles. The van der Waals surface area contributed by atoms with Gasteiger partial charge >= 0.3 is 0 Å². The molecule has 0 spiro atoms. The van der Waals surface area contributed by atoms with Crippen LogP contribution in [-0.4, -0.2) is 41.1 Å². The van der Waals surface area contributed by atoms with Gasteiger partial charge in [-0.3, -0.25) is 0 Å². The Hall–Kier alpha value is -1.03. The maximum absolute atomic E-state index is 4.63. The van der Waals surface area contributed by atoms with Crippen molar-refractivity contribution in [1.29, 1.82) is 0 Å². The van der Waals surface area contributed by atoms with Crippen LogP contribution in [0.1, 0.15) is 38.4 Å². The van der Waals surface area contributed by atoms with Crippen LogP contribution in [-0.2, 0) is 0 Å². The van der Waals surface area contributed by atoms with Crippen molar-refractivity contribution in [2.75, 3.05) is 26.0 Å². The van der Waals surface area contributed by atoms with Gasteiger partial charge in [0.2, 0.25) is 5.95 Å². The maximum atomic E-state index is 4.63. The smallest absolute Gasteiger partial charge is 0.203 e. The van der Waals surface area contributed by atoms with E-state index in [2.05, 4.69) is 60.8 Å². The quantitative estimate of drug-likeness (QED) is 0.842. The number of nitrogens with one attached hydrogen (secondary N) is 1. The summed E-state index contributed by atoms with van der Waals surface area (Å²) in [5.74, 6) is 1.65. The molecule has 4 nitrogen and oxygen atoms in total. The molecule has 0 aromatic carbocycles. The average Bonchev–Trinajstić information content (AvgIpc) is 3.02. The molecule has 0 radical (unpaired) electrons. The number of aromatic nitrogens is 2. The van der Waals surface area contributed by atoms with Crippen LogP contribution in [0.2, 0.25) is 0 Å². The van der Waals surface area contributed by atoms with Crippen LogP contribution in [0.15, 0.2) is 6.20 Å². The van der Waals surface area contributed by atoms with E-state index < -0.39 is 0 Å². The lowest BCUT2D eigenvalue weighted by molar-refractivity contribution is 0.343. The number of anilines is 1. The van der Waals surface area contributed by atoms with Crippen molar-refractivity contribution in [2.24, 2.45) is 5.92 Å². The molecule has 1 aromatic rings. The zero-order valence-electron chi connectivity index (χ0n) is 12.3. The van der Waals surface area contributed by atoms with Crippen LogP contribution >= 0.6 is 0 Å². The van der Waals surface area contributed by atoms with Gasteiger partial charge in [0.05, 0.1) is 5.69 Å². The summed E-state index contributed by atoms with van der Waals surface area (Å²) >= 11 is 0. The van der Waals surface area contributed by atoms with Gasteiger partial charge in [-0.2, -0.15) is 0 Å². The molecule has 102 valence electrons. The molecule has 1 atom stereocenters. The first-order valence-electron chi connectivity index (χ1n) is 6.94. The molecule has 1 aliphatic carbocycles. The van der Waals surface area contributed by atoms with E-state index in [0.29, 0.717) is 18.0 Å². The van der Waals surface area contributed by atoms with Crippen molar-refractivity contribution >= 4 is 5.95 Å². The Morgan fingerprint density at radius 1 is 1.44 bits per heavy atom. The molecule has 0 bridgehead atoms. The number of rotatable bonds is 6. The molecule has 1 aliphatic rings. The van der Waals surface area contributed by atoms with Gasteiger partial charge in [-0.25, -0.2) is 4.98 Å². The summed E-state index contributed by atoms with van der Waals surface area (Å²) in [5, 5.41) is 3.63. The molecule has 18 heavy (non-hydrogen) atoms. The fourth-order valence-electron chi connectivity index (χ4n) is 2.24. The average molecular weight is 250 g/mol. The second kappa shape index (κ2) is 5.31. The molecule has 2 rings (SSSR count). The van der Waals surface area contributed by atoms with Crippen molar-refractivity contribution in [3.8, 4) is 0 Å². The Morgan fingerprint density at radius 2 is 2.11 bits per heavy atom. The van der Waals surface area contributed by atoms with E-state index in [9.17, 15) is 0 Å². The summed E-state index contributed by atoms with van der Waals surface area (Å²) in [6, 6.07) is 1.13. The summed E-state index contributed by atoms with van der Waals surface area (Å²) in [6.45, 7) is 7.63. The largest absolute Gasteiger partial charge is 0.351 e. The van der Waals surface area contributed by atoms with Gasteiger partial charge in [0, 0.05) is 24.8 Å². The van der Waals surface area contributed by atoms with E-state index in [4.69, 9.17) is 0 Å². The first-order chi connectivity index (χ1) is 8.47. The topological polar surface area (TPSA) is 33.1 Å². The number of imidazole rings is 1. The molecule has 1 aromatic heterocycles. The molecule has 1 saturated carbocycles. The highest BCUT2D eigenvalue weighted by Crippen LogP contribution is 2.37. The standard InChI is InChI=1S/C14H26N4/c1-10(2)13(9-17(4)5)16-14-15-11(3)8-18(14)12-6-7-12/h8,10,12-13H,6-7,9H2,1-5H3,(H,15,16). The normalized spacial score (nSPS) is 17.5. The molecule has 0 saturated heterocycles. The van der Waals surface area contributed by atoms with E-state index in [1.54, 1.807) is 0 Å². The summed E-state index contributed by atoms with van der Waals surface area (Å²) in [6.07, 6.45) is 4.77. The van der Waals surface area contributed by atoms with Crippen LogP contribution in [0.25, 0.3) is 0 Å². The predicted octanol–water partition coefficient (Wildman–Crippen LogP) is 2.52. The lowest BCUT2D eigenvalue weighted by atomic mass is 10.0. The highest BCUT2D eigenvalue weighted by Gasteiger charge is 2.27. The third-order valence-corrected chi connectivity index (χ3v) is 3.47. The summed E-state index contributed by atoms with van der Waals surface area (Å²) in [4.78, 5) is 6.87. The van der Waals surface area contributed by atoms with E-state index in [-0.39, 0.29) is 0 Å². The monoisotopic (exact) mass is 250 g/mol. The van der Waals surface area contributed by atoms with Gasteiger partial charge in [0.15, 0.2) is 0 Å². The number of nitrogens with zero attached hydrogens (tertiary/aromatic N) is 3. The third kappa shape index (κ3) is 3.25. The van der Waals surface area contributed by atoms with E-state index in [1.165, 1.54) is 12.8 Å². The number of hydrogen-bond acceptors (Lipinski definition) is 3. The molecular weight excluding hydrogens is 224 g/mol. The summed E-state index contributed by atoms with van der Waals surface area (Å²) < 4.78 is 2.32. The highest BCUT2D eigenvalue weighted by molar-refractivity contribution is 5.32. The second-order valence-corrected chi connectivity index (χ2v) is 6.10. The van der Waals surface area contributed by atoms with E-state index >= 15 is 0 Å². The molecule has 1 fully saturated rings. The van der Waals surface area contributed by atoms with Crippen molar-refractivity contribution < 1.29 is 0 Å². The van der Waals surface area contributed by atoms with Crippen LogP contribution in [0.3, 0.4) is 0 Å². The fourth-order valence-corrected chi connectivity index (χ4v) is 2.24. The first kappa shape index (κ1) is 13.4. The second-order valence-electron chi connectivity index (χ2n) is 6.10. The Labute approximate surface area is 110 Å². The van der Waals surface area contributed by atoms with E-state index in [0.717, 1.165) is 18.2 Å². The molecule has 1 heterocycles. The van der Waals surface area contributed by atoms with Crippen LogP contribution in [0.5, 0.6) is 0 Å². The molecule has 0 amide bonds. The molecule has 1 unspecified atom stereocenters. The van der Waals surface area contributed by atoms with Gasteiger partial charge in [0.1, 0.15) is 0 Å². The van der Waals surface area contributed by atoms with Crippen molar-refractivity contribution in [2.45, 2.75) is 45.7 Å². The Bertz CT molecular complexity index is 390. The van der Waals surface area contributed by atoms with Crippen molar-refractivity contribution in [1.82, 2.24) is 14.5 Å². The number of hydrogen-bond donors (Lipinski definition) is 1. The van der Waals surface area contributed by atoms with E-state index in [1.807, 2.05) is 0 Å². The minimum absolute atomic E-state index is 0.444. The number of likely N-dealkylation sites (N-methyl/N-ethyl adjacent to an activating group) is 1. The van der Waals surface area contributed by atoms with Gasteiger partial charge in [0.25, 0.3) is 0 Å². The van der Waals surface area contributed by atoms with Gasteiger partial charge in [-0.1, -0.05) is 13.8 Å². The molecular formula is C14H26N4. The van der Waals surface area contributed by atoms with Crippen LogP contribution in [0, 0.1) is 12.8 Å². The zero-order chi connectivity index (χ0) is 13.3. The fraction of sp³-hybridized carbons (Fsp3) is 0.786. The summed E-state index contributed by atoms with van der Waals surface area (Å²) in [7, 11) is 4.24. The van der Waals surface area contributed by atoms with Gasteiger partial charge in [-0.05, 0) is 39.8 Å². The van der Waals surface area contributed by atoms with Crippen molar-refractivity contribution in [3.05, 3.63) is 11.9 Å². The van der Waals surface area contributed by atoms with Crippen LogP contribution < -0.4 is 5.32 Å². The Kier molecular flexibility index (Phi) is 3.95. The SMILES string of the molecule is Cc1cn(C2CC2)c(NC(CN(C)C)C(C)C)n1. The lowest BCUT2D eigenvalue weighted by Crippen LogP contribution is -2.37. The zero-order valence-corrected chi connectivity index (χ0v) is 12.3. The number of aryl methyl sites for hydroxylation is 1. The molecule has 4 heteroatoms. The minimum Gasteiger partial charge on any atom is -0.351 e. The predicted molar refractivity (Wildman–Crippen MR) is 76.0 cm³/mol. The third-order valence-electron chi connectivity index (χ3n) is 3.47. The maximum Gasteiger partial charge on any atom is 0.203 e. The van der Waals surface area contributed by atoms with Crippen molar-refractivity contribution in [3.63, 3.8) is 0 Å². The van der Waals surface area contributed by atoms with Gasteiger partial charge < -0.3 is 14.8 Å². The Balaban J connectivity index is 2.10. The summed E-state index contributed by atoms with van der Waals surface area (Å²) in [5.41, 5.74) is 1.11. The molecule has 1 N–H and O–H groups in total. The lowest BCUT2D eigenvalue weighted by Gasteiger charge is -2.26. The Morgan fingerprint density at radius 3 is 2.61 bits per heavy atom. The van der Waals surface area contributed by atoms with Crippen LogP contribution in [0.4, 0.5) is 5.95 Å². The first-order valence-corrected chi connectivity index (χ1v) is 6.94. The minimum atomic E-state index is 0.444.